The highest BCUT2D eigenvalue weighted by Gasteiger charge is 2.18. The highest BCUT2D eigenvalue weighted by atomic mass is 16.5. The maximum atomic E-state index is 9.22. The zero-order chi connectivity index (χ0) is 12.0. The Labute approximate surface area is 94.4 Å². The minimum absolute atomic E-state index is 0.00255. The normalized spacial score (nSPS) is 12.4. The molecule has 88 valence electrons. The molecule has 1 atom stereocenters. The van der Waals surface area contributed by atoms with E-state index >= 15 is 0 Å². The van der Waals surface area contributed by atoms with E-state index in [0.29, 0.717) is 12.3 Å². The zero-order valence-electron chi connectivity index (χ0n) is 9.55. The topological polar surface area (TPSA) is 84.0 Å². The molecule has 0 aliphatic rings. The van der Waals surface area contributed by atoms with E-state index in [1.165, 1.54) is 0 Å². The van der Waals surface area contributed by atoms with Crippen LogP contribution in [0.25, 0.3) is 0 Å². The van der Waals surface area contributed by atoms with Crippen LogP contribution < -0.4 is 0 Å². The predicted molar refractivity (Wildman–Crippen MR) is 56.5 cm³/mol. The number of rotatable bonds is 6. The SMILES string of the molecule is CCC(CO)n1nnc(CC#N)c1COC. The maximum Gasteiger partial charge on any atom is 0.102 e. The first-order chi connectivity index (χ1) is 7.78. The van der Waals surface area contributed by atoms with Crippen molar-refractivity contribution in [3.05, 3.63) is 11.4 Å². The van der Waals surface area contributed by atoms with Gasteiger partial charge >= 0.3 is 0 Å². The van der Waals surface area contributed by atoms with E-state index in [-0.39, 0.29) is 19.1 Å². The van der Waals surface area contributed by atoms with Gasteiger partial charge in [0.1, 0.15) is 5.69 Å². The number of aliphatic hydroxyl groups excluding tert-OH is 1. The summed E-state index contributed by atoms with van der Waals surface area (Å²) in [6, 6.07) is 1.93. The van der Waals surface area contributed by atoms with E-state index in [0.717, 1.165) is 12.1 Å². The summed E-state index contributed by atoms with van der Waals surface area (Å²) in [5.74, 6) is 0. The molecule has 1 aromatic rings. The van der Waals surface area contributed by atoms with Gasteiger partial charge in [-0.1, -0.05) is 12.1 Å². The highest BCUT2D eigenvalue weighted by molar-refractivity contribution is 5.14. The molecular weight excluding hydrogens is 208 g/mol. The summed E-state index contributed by atoms with van der Waals surface area (Å²) in [6.07, 6.45) is 0.961. The van der Waals surface area contributed by atoms with Crippen molar-refractivity contribution in [3.8, 4) is 6.07 Å². The van der Waals surface area contributed by atoms with Crippen LogP contribution in [0.15, 0.2) is 0 Å². The van der Waals surface area contributed by atoms with E-state index in [2.05, 4.69) is 10.3 Å². The summed E-state index contributed by atoms with van der Waals surface area (Å²) in [6.45, 7) is 2.31. The molecule has 0 aromatic carbocycles. The molecule has 0 aliphatic carbocycles. The van der Waals surface area contributed by atoms with E-state index in [1.54, 1.807) is 11.8 Å². The minimum Gasteiger partial charge on any atom is -0.394 e. The standard InChI is InChI=1S/C10H16N4O2/c1-3-8(6-15)14-10(7-16-2)9(4-5-11)12-13-14/h8,15H,3-4,6-7H2,1-2H3. The average Bonchev–Trinajstić information content (AvgIpc) is 2.66. The molecule has 0 radical (unpaired) electrons. The summed E-state index contributed by atoms with van der Waals surface area (Å²) in [7, 11) is 1.58. The summed E-state index contributed by atoms with van der Waals surface area (Å²) in [5.41, 5.74) is 1.39. The molecule has 0 amide bonds. The molecule has 0 spiro atoms. The molecule has 1 unspecified atom stereocenters. The Kier molecular flexibility index (Phi) is 4.89. The van der Waals surface area contributed by atoms with Crippen molar-refractivity contribution in [2.75, 3.05) is 13.7 Å². The second-order valence-corrected chi connectivity index (χ2v) is 3.44. The van der Waals surface area contributed by atoms with Crippen LogP contribution in [0.5, 0.6) is 0 Å². The summed E-state index contributed by atoms with van der Waals surface area (Å²) in [5, 5.41) is 25.8. The Morgan fingerprint density at radius 3 is 2.88 bits per heavy atom. The van der Waals surface area contributed by atoms with Gasteiger partial charge in [0, 0.05) is 7.11 Å². The molecule has 1 rings (SSSR count). The van der Waals surface area contributed by atoms with Gasteiger partial charge in [-0.05, 0) is 6.42 Å². The number of nitrogens with zero attached hydrogens (tertiary/aromatic N) is 4. The molecule has 6 heteroatoms. The minimum atomic E-state index is -0.106. The third-order valence-corrected chi connectivity index (χ3v) is 2.43. The van der Waals surface area contributed by atoms with Crippen molar-refractivity contribution in [1.82, 2.24) is 15.0 Å². The molecule has 0 aliphatic heterocycles. The molecule has 0 saturated carbocycles. The van der Waals surface area contributed by atoms with Crippen molar-refractivity contribution in [2.45, 2.75) is 32.4 Å². The summed E-state index contributed by atoms with van der Waals surface area (Å²) in [4.78, 5) is 0. The molecule has 16 heavy (non-hydrogen) atoms. The molecule has 0 saturated heterocycles. The van der Waals surface area contributed by atoms with Crippen molar-refractivity contribution in [1.29, 1.82) is 5.26 Å². The van der Waals surface area contributed by atoms with Gasteiger partial charge in [0.25, 0.3) is 0 Å². The van der Waals surface area contributed by atoms with Crippen molar-refractivity contribution < 1.29 is 9.84 Å². The van der Waals surface area contributed by atoms with E-state index in [1.807, 2.05) is 13.0 Å². The number of hydrogen-bond acceptors (Lipinski definition) is 5. The molecule has 1 N–H and O–H groups in total. The fourth-order valence-corrected chi connectivity index (χ4v) is 1.52. The Bertz CT molecular complexity index is 365. The third kappa shape index (κ3) is 2.56. The number of nitriles is 1. The number of aliphatic hydroxyl groups is 1. The lowest BCUT2D eigenvalue weighted by molar-refractivity contribution is 0.162. The lowest BCUT2D eigenvalue weighted by Crippen LogP contribution is -2.17. The van der Waals surface area contributed by atoms with Crippen LogP contribution >= 0.6 is 0 Å². The molecule has 0 bridgehead atoms. The maximum absolute atomic E-state index is 9.22. The number of aromatic nitrogens is 3. The van der Waals surface area contributed by atoms with Gasteiger partial charge in [-0.2, -0.15) is 5.26 Å². The van der Waals surface area contributed by atoms with Gasteiger partial charge in [-0.25, -0.2) is 4.68 Å². The van der Waals surface area contributed by atoms with Crippen LogP contribution in [-0.2, 0) is 17.8 Å². The first kappa shape index (κ1) is 12.6. The zero-order valence-corrected chi connectivity index (χ0v) is 9.55. The van der Waals surface area contributed by atoms with Crippen LogP contribution in [0.4, 0.5) is 0 Å². The molecule has 6 nitrogen and oxygen atoms in total. The smallest absolute Gasteiger partial charge is 0.102 e. The Morgan fingerprint density at radius 1 is 1.62 bits per heavy atom. The van der Waals surface area contributed by atoms with Crippen LogP contribution in [-0.4, -0.2) is 33.8 Å². The van der Waals surface area contributed by atoms with E-state index < -0.39 is 0 Å². The fraction of sp³-hybridized carbons (Fsp3) is 0.700. The molecule has 0 fully saturated rings. The van der Waals surface area contributed by atoms with Gasteiger partial charge in [0.05, 0.1) is 37.4 Å². The molecule has 1 heterocycles. The highest BCUT2D eigenvalue weighted by Crippen LogP contribution is 2.16. The van der Waals surface area contributed by atoms with Crippen molar-refractivity contribution in [3.63, 3.8) is 0 Å². The van der Waals surface area contributed by atoms with E-state index in [9.17, 15) is 5.11 Å². The monoisotopic (exact) mass is 224 g/mol. The summed E-state index contributed by atoms with van der Waals surface area (Å²) >= 11 is 0. The number of ether oxygens (including phenoxy) is 1. The number of methoxy groups -OCH3 is 1. The predicted octanol–water partition coefficient (Wildman–Crippen LogP) is 0.434. The lowest BCUT2D eigenvalue weighted by Gasteiger charge is -2.14. The van der Waals surface area contributed by atoms with Crippen LogP contribution in [0.1, 0.15) is 30.8 Å². The Hall–Kier alpha value is -1.45. The van der Waals surface area contributed by atoms with Crippen molar-refractivity contribution >= 4 is 0 Å². The lowest BCUT2D eigenvalue weighted by atomic mass is 10.2. The largest absolute Gasteiger partial charge is 0.394 e. The molecular formula is C10H16N4O2. The van der Waals surface area contributed by atoms with Gasteiger partial charge < -0.3 is 9.84 Å². The fourth-order valence-electron chi connectivity index (χ4n) is 1.52. The van der Waals surface area contributed by atoms with Crippen LogP contribution in [0.3, 0.4) is 0 Å². The molecule has 1 aromatic heterocycles. The van der Waals surface area contributed by atoms with Gasteiger partial charge in [-0.15, -0.1) is 5.10 Å². The Morgan fingerprint density at radius 2 is 2.38 bits per heavy atom. The first-order valence-electron chi connectivity index (χ1n) is 5.18. The Balaban J connectivity index is 3.03. The van der Waals surface area contributed by atoms with Crippen LogP contribution in [0, 0.1) is 11.3 Å². The van der Waals surface area contributed by atoms with E-state index in [4.69, 9.17) is 10.00 Å². The first-order valence-corrected chi connectivity index (χ1v) is 5.18. The van der Waals surface area contributed by atoms with Crippen LogP contribution in [0.2, 0.25) is 0 Å². The van der Waals surface area contributed by atoms with Crippen molar-refractivity contribution in [2.24, 2.45) is 0 Å². The number of hydrogen-bond donors (Lipinski definition) is 1. The van der Waals surface area contributed by atoms with Gasteiger partial charge in [0.15, 0.2) is 0 Å². The summed E-state index contributed by atoms with van der Waals surface area (Å²) < 4.78 is 6.71. The average molecular weight is 224 g/mol. The van der Waals surface area contributed by atoms with Gasteiger partial charge in [0.2, 0.25) is 0 Å². The second kappa shape index (κ2) is 6.20. The second-order valence-electron chi connectivity index (χ2n) is 3.44. The van der Waals surface area contributed by atoms with Gasteiger partial charge in [-0.3, -0.25) is 0 Å². The quantitative estimate of drug-likeness (QED) is 0.757. The third-order valence-electron chi connectivity index (χ3n) is 2.43.